The average Bonchev–Trinajstić information content (AvgIpc) is 2.00. The van der Waals surface area contributed by atoms with Crippen molar-refractivity contribution in [3.05, 3.63) is 0 Å². The van der Waals surface area contributed by atoms with E-state index in [4.69, 9.17) is 5.73 Å². The van der Waals surface area contributed by atoms with E-state index >= 15 is 0 Å². The first-order valence-electron chi connectivity index (χ1n) is 3.78. The SMILES string of the molecule is CN1CCC[C@](O)(CN)C1=O. The van der Waals surface area contributed by atoms with Gasteiger partial charge in [-0.25, -0.2) is 0 Å². The fraction of sp³-hybridized carbons (Fsp3) is 0.857. The van der Waals surface area contributed by atoms with E-state index in [1.807, 2.05) is 0 Å². The Bertz CT molecular complexity index is 172. The van der Waals surface area contributed by atoms with Crippen molar-refractivity contribution < 1.29 is 9.90 Å². The Morgan fingerprint density at radius 3 is 2.91 bits per heavy atom. The number of hydrogen-bond donors (Lipinski definition) is 2. The van der Waals surface area contributed by atoms with Gasteiger partial charge in [0.05, 0.1) is 0 Å². The first kappa shape index (κ1) is 8.49. The van der Waals surface area contributed by atoms with Gasteiger partial charge in [0, 0.05) is 20.1 Å². The molecule has 11 heavy (non-hydrogen) atoms. The number of likely N-dealkylation sites (tertiary alicyclic amines) is 1. The number of nitrogens with zero attached hydrogens (tertiary/aromatic N) is 1. The lowest BCUT2D eigenvalue weighted by Crippen LogP contribution is -2.55. The molecule has 0 unspecified atom stereocenters. The van der Waals surface area contributed by atoms with E-state index in [2.05, 4.69) is 0 Å². The van der Waals surface area contributed by atoms with Crippen LogP contribution in [-0.4, -0.2) is 41.7 Å². The van der Waals surface area contributed by atoms with E-state index in [9.17, 15) is 9.90 Å². The molecular formula is C7H14N2O2. The van der Waals surface area contributed by atoms with E-state index in [-0.39, 0.29) is 12.5 Å². The maximum atomic E-state index is 11.3. The third kappa shape index (κ3) is 1.36. The summed E-state index contributed by atoms with van der Waals surface area (Å²) in [5.41, 5.74) is 4.01. The first-order valence-corrected chi connectivity index (χ1v) is 3.78. The third-order valence-electron chi connectivity index (χ3n) is 2.17. The Morgan fingerprint density at radius 1 is 1.82 bits per heavy atom. The summed E-state index contributed by atoms with van der Waals surface area (Å²) in [6.45, 7) is 0.747. The maximum absolute atomic E-state index is 11.3. The Morgan fingerprint density at radius 2 is 2.45 bits per heavy atom. The van der Waals surface area contributed by atoms with E-state index in [1.54, 1.807) is 7.05 Å². The predicted octanol–water partition coefficient (Wildman–Crippen LogP) is -1.07. The molecule has 1 atom stereocenters. The second-order valence-electron chi connectivity index (χ2n) is 3.07. The molecule has 1 saturated heterocycles. The molecule has 0 saturated carbocycles. The molecule has 0 aromatic rings. The number of carbonyl (C=O) groups excluding carboxylic acids is 1. The third-order valence-corrected chi connectivity index (χ3v) is 2.17. The van der Waals surface area contributed by atoms with Crippen LogP contribution < -0.4 is 5.73 Å². The van der Waals surface area contributed by atoms with Crippen LogP contribution in [0.2, 0.25) is 0 Å². The highest BCUT2D eigenvalue weighted by Gasteiger charge is 2.39. The van der Waals surface area contributed by atoms with Gasteiger partial charge >= 0.3 is 0 Å². The van der Waals surface area contributed by atoms with Crippen molar-refractivity contribution in [3.63, 3.8) is 0 Å². The number of hydrogen-bond acceptors (Lipinski definition) is 3. The zero-order chi connectivity index (χ0) is 8.48. The van der Waals surface area contributed by atoms with Gasteiger partial charge in [0.1, 0.15) is 0 Å². The molecule has 1 aliphatic heterocycles. The van der Waals surface area contributed by atoms with Gasteiger partial charge in [0.15, 0.2) is 5.60 Å². The second-order valence-corrected chi connectivity index (χ2v) is 3.07. The summed E-state index contributed by atoms with van der Waals surface area (Å²) in [7, 11) is 1.68. The van der Waals surface area contributed by atoms with Gasteiger partial charge < -0.3 is 15.7 Å². The van der Waals surface area contributed by atoms with Crippen molar-refractivity contribution in [2.75, 3.05) is 20.1 Å². The molecule has 1 heterocycles. The number of nitrogens with two attached hydrogens (primary N) is 1. The molecule has 4 heteroatoms. The van der Waals surface area contributed by atoms with Gasteiger partial charge in [0.25, 0.3) is 5.91 Å². The number of amides is 1. The van der Waals surface area contributed by atoms with Gasteiger partial charge in [-0.05, 0) is 12.8 Å². The molecule has 1 amide bonds. The lowest BCUT2D eigenvalue weighted by molar-refractivity contribution is -0.153. The topological polar surface area (TPSA) is 66.6 Å². The van der Waals surface area contributed by atoms with E-state index in [1.165, 1.54) is 4.90 Å². The van der Waals surface area contributed by atoms with Crippen molar-refractivity contribution in [2.45, 2.75) is 18.4 Å². The molecule has 4 nitrogen and oxygen atoms in total. The average molecular weight is 158 g/mol. The number of rotatable bonds is 1. The zero-order valence-corrected chi connectivity index (χ0v) is 6.71. The Balaban J connectivity index is 2.72. The van der Waals surface area contributed by atoms with Crippen LogP contribution in [0, 0.1) is 0 Å². The normalized spacial score (nSPS) is 32.6. The van der Waals surface area contributed by atoms with Crippen molar-refractivity contribution in [1.29, 1.82) is 0 Å². The van der Waals surface area contributed by atoms with Gasteiger partial charge in [-0.2, -0.15) is 0 Å². The fourth-order valence-electron chi connectivity index (χ4n) is 1.36. The second kappa shape index (κ2) is 2.79. The molecule has 0 spiro atoms. The van der Waals surface area contributed by atoms with Gasteiger partial charge in [-0.15, -0.1) is 0 Å². The molecule has 0 aromatic heterocycles. The van der Waals surface area contributed by atoms with Gasteiger partial charge in [0.2, 0.25) is 0 Å². The molecule has 3 N–H and O–H groups in total. The summed E-state index contributed by atoms with van der Waals surface area (Å²) in [5.74, 6) is -0.244. The monoisotopic (exact) mass is 158 g/mol. The van der Waals surface area contributed by atoms with Crippen molar-refractivity contribution >= 4 is 5.91 Å². The molecular weight excluding hydrogens is 144 g/mol. The highest BCUT2D eigenvalue weighted by atomic mass is 16.3. The van der Waals surface area contributed by atoms with Gasteiger partial charge in [-0.3, -0.25) is 4.79 Å². The van der Waals surface area contributed by atoms with Crippen LogP contribution in [0.5, 0.6) is 0 Å². The van der Waals surface area contributed by atoms with E-state index < -0.39 is 5.60 Å². The van der Waals surface area contributed by atoms with Crippen molar-refractivity contribution in [3.8, 4) is 0 Å². The minimum absolute atomic E-state index is 0.0240. The summed E-state index contributed by atoms with van der Waals surface area (Å²) in [6.07, 6.45) is 1.32. The fourth-order valence-corrected chi connectivity index (χ4v) is 1.36. The molecule has 0 bridgehead atoms. The first-order chi connectivity index (χ1) is 5.10. The maximum Gasteiger partial charge on any atom is 0.255 e. The van der Waals surface area contributed by atoms with Crippen LogP contribution in [0.1, 0.15) is 12.8 Å². The van der Waals surface area contributed by atoms with Crippen LogP contribution in [0.15, 0.2) is 0 Å². The number of aliphatic hydroxyl groups is 1. The summed E-state index contributed by atoms with van der Waals surface area (Å²) in [6, 6.07) is 0. The lowest BCUT2D eigenvalue weighted by Gasteiger charge is -2.35. The summed E-state index contributed by atoms with van der Waals surface area (Å²) < 4.78 is 0. The standard InChI is InChI=1S/C7H14N2O2/c1-9-4-2-3-7(11,5-8)6(9)10/h11H,2-5,8H2,1H3/t7-/m0/s1. The molecule has 0 radical (unpaired) electrons. The largest absolute Gasteiger partial charge is 0.379 e. The van der Waals surface area contributed by atoms with Crippen LogP contribution in [0.25, 0.3) is 0 Å². The zero-order valence-electron chi connectivity index (χ0n) is 6.71. The lowest BCUT2D eigenvalue weighted by atomic mass is 9.92. The Hall–Kier alpha value is -0.610. The van der Waals surface area contributed by atoms with E-state index in [0.717, 1.165) is 13.0 Å². The van der Waals surface area contributed by atoms with Crippen LogP contribution in [0.3, 0.4) is 0 Å². The minimum Gasteiger partial charge on any atom is -0.379 e. The molecule has 1 fully saturated rings. The molecule has 0 aliphatic carbocycles. The van der Waals surface area contributed by atoms with Crippen molar-refractivity contribution in [2.24, 2.45) is 5.73 Å². The summed E-state index contributed by atoms with van der Waals surface area (Å²) in [5, 5.41) is 9.60. The van der Waals surface area contributed by atoms with Gasteiger partial charge in [-0.1, -0.05) is 0 Å². The van der Waals surface area contributed by atoms with E-state index in [0.29, 0.717) is 6.42 Å². The minimum atomic E-state index is -1.28. The van der Waals surface area contributed by atoms with Crippen LogP contribution >= 0.6 is 0 Å². The Labute approximate surface area is 66.0 Å². The molecule has 64 valence electrons. The highest BCUT2D eigenvalue weighted by molar-refractivity contribution is 5.85. The van der Waals surface area contributed by atoms with Crippen LogP contribution in [-0.2, 0) is 4.79 Å². The van der Waals surface area contributed by atoms with Crippen LogP contribution in [0.4, 0.5) is 0 Å². The number of piperidine rings is 1. The Kier molecular flexibility index (Phi) is 2.15. The smallest absolute Gasteiger partial charge is 0.255 e. The quantitative estimate of drug-likeness (QED) is 0.510. The number of likely N-dealkylation sites (N-methyl/N-ethyl adjacent to an activating group) is 1. The van der Waals surface area contributed by atoms with Crippen molar-refractivity contribution in [1.82, 2.24) is 4.90 Å². The highest BCUT2D eigenvalue weighted by Crippen LogP contribution is 2.19. The molecule has 1 aliphatic rings. The summed E-state index contributed by atoms with van der Waals surface area (Å²) in [4.78, 5) is 12.8. The summed E-state index contributed by atoms with van der Waals surface area (Å²) >= 11 is 0. The molecule has 0 aromatic carbocycles. The predicted molar refractivity (Wildman–Crippen MR) is 40.9 cm³/mol. The number of carbonyl (C=O) groups is 1. The molecule has 1 rings (SSSR count).